The molecule has 0 aliphatic carbocycles. The summed E-state index contributed by atoms with van der Waals surface area (Å²) in [7, 11) is 0. The number of aliphatic hydroxyl groups is 1. The molecule has 0 heterocycles. The number of unbranched alkanes of at least 4 members (excludes halogenated alkanes) is 1. The molecule has 1 rings (SSSR count). The number of carboxylic acid groups (broad SMARTS) is 1. The van der Waals surface area contributed by atoms with Crippen molar-refractivity contribution in [2.45, 2.75) is 31.9 Å². The van der Waals surface area contributed by atoms with Gasteiger partial charge in [-0.2, -0.15) is 0 Å². The third-order valence-corrected chi connectivity index (χ3v) is 2.75. The highest BCUT2D eigenvalue weighted by Crippen LogP contribution is 2.04. The van der Waals surface area contributed by atoms with Gasteiger partial charge in [-0.25, -0.2) is 4.79 Å². The summed E-state index contributed by atoms with van der Waals surface area (Å²) >= 11 is 0. The molecule has 1 amide bonds. The Bertz CT molecular complexity index is 356. The summed E-state index contributed by atoms with van der Waals surface area (Å²) in [6, 6.07) is 9.56. The van der Waals surface area contributed by atoms with Crippen molar-refractivity contribution in [3.63, 3.8) is 0 Å². The quantitative estimate of drug-likeness (QED) is 0.598. The zero-order chi connectivity index (χ0) is 13.9. The van der Waals surface area contributed by atoms with E-state index in [-0.39, 0.29) is 12.6 Å². The van der Waals surface area contributed by atoms with Crippen LogP contribution in [0.25, 0.3) is 0 Å². The maximum atomic E-state index is 10.4. The van der Waals surface area contributed by atoms with Crippen LogP contribution in [-0.2, 0) is 11.3 Å². The van der Waals surface area contributed by atoms with Gasteiger partial charge in [0, 0.05) is 6.61 Å². The minimum absolute atomic E-state index is 0.169. The number of hydrogen-bond acceptors (Lipinski definition) is 3. The monoisotopic (exact) mass is 267 g/mol. The standard InChI is InChI=1S/C14H21NO4/c16-10-13(15-14(17)18)8-4-5-9-19-11-12-6-2-1-3-7-12/h1-3,6-7,13,15-16H,4-5,8-11H2,(H,17,18)/t13-/m1/s1. The Morgan fingerprint density at radius 3 is 2.63 bits per heavy atom. The van der Waals surface area contributed by atoms with Crippen LogP contribution < -0.4 is 5.32 Å². The predicted octanol–water partition coefficient (Wildman–Crippen LogP) is 2.00. The Morgan fingerprint density at radius 2 is 2.00 bits per heavy atom. The van der Waals surface area contributed by atoms with Gasteiger partial charge in [0.25, 0.3) is 0 Å². The molecular formula is C14H21NO4. The molecule has 1 aromatic rings. The van der Waals surface area contributed by atoms with Crippen molar-refractivity contribution in [1.82, 2.24) is 5.32 Å². The minimum atomic E-state index is -1.10. The van der Waals surface area contributed by atoms with Crippen LogP contribution in [0.1, 0.15) is 24.8 Å². The van der Waals surface area contributed by atoms with E-state index in [1.807, 2.05) is 30.3 Å². The van der Waals surface area contributed by atoms with Gasteiger partial charge >= 0.3 is 6.09 Å². The second kappa shape index (κ2) is 9.35. The first-order valence-electron chi connectivity index (χ1n) is 6.44. The highest BCUT2D eigenvalue weighted by atomic mass is 16.5. The van der Waals surface area contributed by atoms with Gasteiger partial charge in [-0.3, -0.25) is 0 Å². The lowest BCUT2D eigenvalue weighted by Crippen LogP contribution is -2.36. The molecule has 0 fully saturated rings. The summed E-state index contributed by atoms with van der Waals surface area (Å²) in [6.45, 7) is 1.06. The number of ether oxygens (including phenoxy) is 1. The molecule has 106 valence electrons. The Balaban J connectivity index is 2.03. The van der Waals surface area contributed by atoms with E-state index in [1.54, 1.807) is 0 Å². The van der Waals surface area contributed by atoms with Gasteiger partial charge in [-0.1, -0.05) is 30.3 Å². The van der Waals surface area contributed by atoms with Crippen LogP contribution in [-0.4, -0.2) is 35.6 Å². The molecule has 3 N–H and O–H groups in total. The Kier molecular flexibility index (Phi) is 7.62. The molecule has 0 spiro atoms. The molecule has 5 nitrogen and oxygen atoms in total. The second-order valence-electron chi connectivity index (χ2n) is 4.36. The molecule has 0 radical (unpaired) electrons. The molecular weight excluding hydrogens is 246 g/mol. The first kappa shape index (κ1) is 15.5. The number of hydrogen-bond donors (Lipinski definition) is 3. The van der Waals surface area contributed by atoms with Crippen molar-refractivity contribution in [3.8, 4) is 0 Å². The van der Waals surface area contributed by atoms with Crippen molar-refractivity contribution >= 4 is 6.09 Å². The SMILES string of the molecule is O=C(O)N[C@@H](CO)CCCCOCc1ccccc1. The first-order valence-corrected chi connectivity index (χ1v) is 6.44. The second-order valence-corrected chi connectivity index (χ2v) is 4.36. The molecule has 19 heavy (non-hydrogen) atoms. The van der Waals surface area contributed by atoms with E-state index < -0.39 is 6.09 Å². The Morgan fingerprint density at radius 1 is 1.26 bits per heavy atom. The van der Waals surface area contributed by atoms with Crippen LogP contribution >= 0.6 is 0 Å². The van der Waals surface area contributed by atoms with Crippen LogP contribution in [0.4, 0.5) is 4.79 Å². The number of aliphatic hydroxyl groups excluding tert-OH is 1. The number of carbonyl (C=O) groups is 1. The average Bonchev–Trinajstić information content (AvgIpc) is 2.42. The van der Waals surface area contributed by atoms with Crippen molar-refractivity contribution in [3.05, 3.63) is 35.9 Å². The summed E-state index contributed by atoms with van der Waals surface area (Å²) < 4.78 is 5.52. The summed E-state index contributed by atoms with van der Waals surface area (Å²) in [5.74, 6) is 0. The molecule has 5 heteroatoms. The topological polar surface area (TPSA) is 78.8 Å². The zero-order valence-corrected chi connectivity index (χ0v) is 10.9. The fourth-order valence-corrected chi connectivity index (χ4v) is 1.74. The number of nitrogens with one attached hydrogen (secondary N) is 1. The average molecular weight is 267 g/mol. The molecule has 0 saturated heterocycles. The van der Waals surface area contributed by atoms with Gasteiger partial charge in [0.05, 0.1) is 19.3 Å². The largest absolute Gasteiger partial charge is 0.465 e. The normalized spacial score (nSPS) is 12.1. The number of rotatable bonds is 9. The van der Waals surface area contributed by atoms with E-state index in [0.29, 0.717) is 19.6 Å². The number of benzene rings is 1. The van der Waals surface area contributed by atoms with E-state index in [4.69, 9.17) is 14.9 Å². The van der Waals surface area contributed by atoms with Crippen molar-refractivity contribution in [2.75, 3.05) is 13.2 Å². The van der Waals surface area contributed by atoms with Crippen LogP contribution in [0.3, 0.4) is 0 Å². The molecule has 0 aliphatic rings. The lowest BCUT2D eigenvalue weighted by Gasteiger charge is -2.13. The smallest absolute Gasteiger partial charge is 0.404 e. The highest BCUT2D eigenvalue weighted by Gasteiger charge is 2.09. The summed E-state index contributed by atoms with van der Waals surface area (Å²) in [4.78, 5) is 10.4. The van der Waals surface area contributed by atoms with E-state index in [9.17, 15) is 4.79 Å². The lowest BCUT2D eigenvalue weighted by atomic mass is 10.1. The van der Waals surface area contributed by atoms with E-state index in [0.717, 1.165) is 18.4 Å². The van der Waals surface area contributed by atoms with Gasteiger partial charge < -0.3 is 20.3 Å². The third kappa shape index (κ3) is 7.43. The number of amides is 1. The van der Waals surface area contributed by atoms with Gasteiger partial charge in [0.1, 0.15) is 0 Å². The fraction of sp³-hybridized carbons (Fsp3) is 0.500. The molecule has 0 bridgehead atoms. The summed E-state index contributed by atoms with van der Waals surface area (Å²) in [5, 5.41) is 19.8. The molecule has 1 atom stereocenters. The van der Waals surface area contributed by atoms with Gasteiger partial charge in [-0.15, -0.1) is 0 Å². The van der Waals surface area contributed by atoms with Crippen LogP contribution in [0.2, 0.25) is 0 Å². The van der Waals surface area contributed by atoms with Gasteiger partial charge in [0.2, 0.25) is 0 Å². The van der Waals surface area contributed by atoms with E-state index in [1.165, 1.54) is 0 Å². The predicted molar refractivity (Wildman–Crippen MR) is 72.0 cm³/mol. The Labute approximate surface area is 113 Å². The van der Waals surface area contributed by atoms with Crippen LogP contribution in [0.15, 0.2) is 30.3 Å². The summed E-state index contributed by atoms with van der Waals surface area (Å²) in [6.07, 6.45) is 1.20. The summed E-state index contributed by atoms with van der Waals surface area (Å²) in [5.41, 5.74) is 1.14. The molecule has 0 aromatic heterocycles. The molecule has 0 aliphatic heterocycles. The third-order valence-electron chi connectivity index (χ3n) is 2.75. The molecule has 0 saturated carbocycles. The molecule has 1 aromatic carbocycles. The van der Waals surface area contributed by atoms with Gasteiger partial charge in [-0.05, 0) is 24.8 Å². The Hall–Kier alpha value is -1.59. The minimum Gasteiger partial charge on any atom is -0.465 e. The van der Waals surface area contributed by atoms with Gasteiger partial charge in [0.15, 0.2) is 0 Å². The zero-order valence-electron chi connectivity index (χ0n) is 10.9. The van der Waals surface area contributed by atoms with E-state index in [2.05, 4.69) is 5.32 Å². The maximum Gasteiger partial charge on any atom is 0.404 e. The van der Waals surface area contributed by atoms with Crippen LogP contribution in [0, 0.1) is 0 Å². The van der Waals surface area contributed by atoms with Crippen LogP contribution in [0.5, 0.6) is 0 Å². The fourth-order valence-electron chi connectivity index (χ4n) is 1.74. The van der Waals surface area contributed by atoms with E-state index >= 15 is 0 Å². The maximum absolute atomic E-state index is 10.4. The molecule has 0 unspecified atom stereocenters. The lowest BCUT2D eigenvalue weighted by molar-refractivity contribution is 0.115. The van der Waals surface area contributed by atoms with Crippen molar-refractivity contribution in [2.24, 2.45) is 0 Å². The highest BCUT2D eigenvalue weighted by molar-refractivity contribution is 5.64. The van der Waals surface area contributed by atoms with Crippen molar-refractivity contribution in [1.29, 1.82) is 0 Å². The van der Waals surface area contributed by atoms with Crippen molar-refractivity contribution < 1.29 is 19.7 Å². The first-order chi connectivity index (χ1) is 9.22.